The molecule has 4 N–H and O–H groups in total. The van der Waals surface area contributed by atoms with Crippen LogP contribution in [0.2, 0.25) is 5.02 Å². The standard InChI is InChI=1S/C28H36ClN5O2/c1-6-33(7-2)17-22(35)15-32-28(36)26-12-19(5)25(34(26)16-18(3)4)11-10-23-24-13-21(29)9-8-20(24)14-31-27(23)30/h8-9,12-14,18,22,35H,6-7,15-17H2,1-5H3,(H2,30,31)(H,32,36). The van der Waals surface area contributed by atoms with Crippen molar-refractivity contribution in [3.63, 3.8) is 0 Å². The number of amides is 1. The number of rotatable bonds is 9. The summed E-state index contributed by atoms with van der Waals surface area (Å²) in [6.45, 7) is 13.2. The molecule has 2 aromatic heterocycles. The lowest BCUT2D eigenvalue weighted by molar-refractivity contribution is 0.0860. The van der Waals surface area contributed by atoms with Gasteiger partial charge < -0.3 is 25.6 Å². The van der Waals surface area contributed by atoms with Gasteiger partial charge in [0.2, 0.25) is 0 Å². The number of fused-ring (bicyclic) bond motifs is 1. The number of aryl methyl sites for hydroxylation is 1. The van der Waals surface area contributed by atoms with Crippen molar-refractivity contribution in [1.29, 1.82) is 0 Å². The molecular weight excluding hydrogens is 474 g/mol. The van der Waals surface area contributed by atoms with Crippen LogP contribution in [0.25, 0.3) is 10.8 Å². The summed E-state index contributed by atoms with van der Waals surface area (Å²) in [6, 6.07) is 7.38. The second-order valence-corrected chi connectivity index (χ2v) is 9.85. The first-order valence-electron chi connectivity index (χ1n) is 12.4. The number of pyridine rings is 1. The highest BCUT2D eigenvalue weighted by Crippen LogP contribution is 2.25. The zero-order chi connectivity index (χ0) is 26.4. The summed E-state index contributed by atoms with van der Waals surface area (Å²) in [5, 5.41) is 15.6. The van der Waals surface area contributed by atoms with Crippen molar-refractivity contribution in [2.45, 2.75) is 47.3 Å². The summed E-state index contributed by atoms with van der Waals surface area (Å²) in [5.41, 5.74) is 8.95. The van der Waals surface area contributed by atoms with Crippen LogP contribution in [-0.2, 0) is 6.54 Å². The minimum absolute atomic E-state index is 0.182. The van der Waals surface area contributed by atoms with Crippen LogP contribution in [0.15, 0.2) is 30.5 Å². The number of nitrogens with two attached hydrogens (primary N) is 1. The van der Waals surface area contributed by atoms with Gasteiger partial charge in [-0.05, 0) is 55.6 Å². The third-order valence-electron chi connectivity index (χ3n) is 6.12. The molecule has 3 aromatic rings. The lowest BCUT2D eigenvalue weighted by Gasteiger charge is -2.22. The Kier molecular flexibility index (Phi) is 9.38. The van der Waals surface area contributed by atoms with E-state index in [9.17, 15) is 9.90 Å². The Hall–Kier alpha value is -3.05. The number of nitrogen functional groups attached to an aromatic ring is 1. The van der Waals surface area contributed by atoms with E-state index in [1.54, 1.807) is 12.3 Å². The van der Waals surface area contributed by atoms with Gasteiger partial charge in [0.15, 0.2) is 0 Å². The molecular formula is C28H36ClN5O2. The van der Waals surface area contributed by atoms with Crippen molar-refractivity contribution in [2.24, 2.45) is 5.92 Å². The van der Waals surface area contributed by atoms with Gasteiger partial charge in [-0.3, -0.25) is 4.79 Å². The summed E-state index contributed by atoms with van der Waals surface area (Å²) < 4.78 is 1.95. The fourth-order valence-electron chi connectivity index (χ4n) is 4.19. The minimum Gasteiger partial charge on any atom is -0.390 e. The van der Waals surface area contributed by atoms with Crippen molar-refractivity contribution in [3.8, 4) is 11.8 Å². The predicted octanol–water partition coefficient (Wildman–Crippen LogP) is 4.07. The second kappa shape index (κ2) is 12.3. The van der Waals surface area contributed by atoms with E-state index in [2.05, 4.69) is 54.7 Å². The molecule has 0 bridgehead atoms. The molecule has 1 aromatic carbocycles. The largest absolute Gasteiger partial charge is 0.390 e. The van der Waals surface area contributed by atoms with E-state index in [0.29, 0.717) is 41.1 Å². The molecule has 0 aliphatic carbocycles. The van der Waals surface area contributed by atoms with Crippen LogP contribution in [0.4, 0.5) is 5.82 Å². The number of hydrogen-bond donors (Lipinski definition) is 3. The monoisotopic (exact) mass is 509 g/mol. The van der Waals surface area contributed by atoms with Crippen molar-refractivity contribution in [1.82, 2.24) is 19.8 Å². The summed E-state index contributed by atoms with van der Waals surface area (Å²) >= 11 is 6.22. The zero-order valence-electron chi connectivity index (χ0n) is 21.7. The van der Waals surface area contributed by atoms with Crippen LogP contribution < -0.4 is 11.1 Å². The molecule has 192 valence electrons. The maximum absolute atomic E-state index is 13.1. The Morgan fingerprint density at radius 1 is 1.25 bits per heavy atom. The molecule has 3 rings (SSSR count). The van der Waals surface area contributed by atoms with Crippen LogP contribution in [0.3, 0.4) is 0 Å². The summed E-state index contributed by atoms with van der Waals surface area (Å²) in [6.07, 6.45) is 1.06. The molecule has 0 aliphatic heterocycles. The summed E-state index contributed by atoms with van der Waals surface area (Å²) in [4.78, 5) is 19.5. The number of aliphatic hydroxyl groups excluding tert-OH is 1. The SMILES string of the molecule is CCN(CC)CC(O)CNC(=O)c1cc(C)c(C#Cc2c(N)ncc3ccc(Cl)cc23)n1CC(C)C. The molecule has 1 atom stereocenters. The molecule has 0 spiro atoms. The number of nitrogens with zero attached hydrogens (tertiary/aromatic N) is 3. The number of carbonyl (C=O) groups excluding carboxylic acids is 1. The molecule has 36 heavy (non-hydrogen) atoms. The molecule has 1 amide bonds. The summed E-state index contributed by atoms with van der Waals surface area (Å²) in [5.74, 6) is 6.84. The van der Waals surface area contributed by atoms with E-state index in [-0.39, 0.29) is 12.5 Å². The number of carbonyl (C=O) groups is 1. The zero-order valence-corrected chi connectivity index (χ0v) is 22.5. The topological polar surface area (TPSA) is 96.4 Å². The number of hydrogen-bond acceptors (Lipinski definition) is 5. The van der Waals surface area contributed by atoms with Gasteiger partial charge in [-0.1, -0.05) is 51.3 Å². The third kappa shape index (κ3) is 6.58. The van der Waals surface area contributed by atoms with Crippen molar-refractivity contribution in [2.75, 3.05) is 31.9 Å². The second-order valence-electron chi connectivity index (χ2n) is 9.42. The predicted molar refractivity (Wildman–Crippen MR) is 147 cm³/mol. The van der Waals surface area contributed by atoms with Gasteiger partial charge in [0.25, 0.3) is 5.91 Å². The minimum atomic E-state index is -0.642. The first-order valence-corrected chi connectivity index (χ1v) is 12.8. The van der Waals surface area contributed by atoms with Crippen LogP contribution in [0.1, 0.15) is 55.0 Å². The average molecular weight is 510 g/mol. The Labute approximate surface area is 218 Å². The lowest BCUT2D eigenvalue weighted by atomic mass is 10.1. The molecule has 8 heteroatoms. The van der Waals surface area contributed by atoms with Crippen molar-refractivity contribution < 1.29 is 9.90 Å². The first kappa shape index (κ1) is 27.5. The highest BCUT2D eigenvalue weighted by molar-refractivity contribution is 6.31. The Morgan fingerprint density at radius 2 is 1.97 bits per heavy atom. The van der Waals surface area contributed by atoms with E-state index in [4.69, 9.17) is 17.3 Å². The van der Waals surface area contributed by atoms with Gasteiger partial charge in [0, 0.05) is 41.6 Å². The van der Waals surface area contributed by atoms with Crippen LogP contribution >= 0.6 is 11.6 Å². The molecule has 1 unspecified atom stereocenters. The molecule has 0 fully saturated rings. The Balaban J connectivity index is 1.94. The third-order valence-corrected chi connectivity index (χ3v) is 6.35. The van der Waals surface area contributed by atoms with Gasteiger partial charge in [0.05, 0.1) is 17.4 Å². The lowest BCUT2D eigenvalue weighted by Crippen LogP contribution is -2.40. The molecule has 0 aliphatic rings. The van der Waals surface area contributed by atoms with E-state index in [1.165, 1.54) is 0 Å². The Morgan fingerprint density at radius 3 is 2.64 bits per heavy atom. The van der Waals surface area contributed by atoms with E-state index >= 15 is 0 Å². The molecule has 2 heterocycles. The number of aliphatic hydroxyl groups is 1. The van der Waals surface area contributed by atoms with E-state index in [1.807, 2.05) is 29.7 Å². The average Bonchev–Trinajstić information content (AvgIpc) is 3.14. The molecule has 7 nitrogen and oxygen atoms in total. The number of aromatic nitrogens is 2. The highest BCUT2D eigenvalue weighted by Gasteiger charge is 2.19. The van der Waals surface area contributed by atoms with Crippen LogP contribution in [0, 0.1) is 24.7 Å². The number of benzene rings is 1. The van der Waals surface area contributed by atoms with Gasteiger partial charge in [-0.25, -0.2) is 4.98 Å². The molecule has 0 saturated carbocycles. The fraction of sp³-hybridized carbons (Fsp3) is 0.429. The van der Waals surface area contributed by atoms with Crippen molar-refractivity contribution in [3.05, 3.63) is 58.0 Å². The number of anilines is 1. The maximum atomic E-state index is 13.1. The van der Waals surface area contributed by atoms with E-state index in [0.717, 1.165) is 35.1 Å². The summed E-state index contributed by atoms with van der Waals surface area (Å²) in [7, 11) is 0. The normalized spacial score (nSPS) is 12.1. The fourth-order valence-corrected chi connectivity index (χ4v) is 4.36. The van der Waals surface area contributed by atoms with Gasteiger partial charge in [-0.15, -0.1) is 0 Å². The van der Waals surface area contributed by atoms with Crippen LogP contribution in [0.5, 0.6) is 0 Å². The van der Waals surface area contributed by atoms with Crippen molar-refractivity contribution >= 4 is 34.1 Å². The van der Waals surface area contributed by atoms with Gasteiger partial charge in [-0.2, -0.15) is 0 Å². The number of halogens is 1. The molecule has 0 radical (unpaired) electrons. The smallest absolute Gasteiger partial charge is 0.268 e. The maximum Gasteiger partial charge on any atom is 0.268 e. The quantitative estimate of drug-likeness (QED) is 0.378. The molecule has 0 saturated heterocycles. The van der Waals surface area contributed by atoms with E-state index < -0.39 is 6.10 Å². The first-order chi connectivity index (χ1) is 17.1. The highest BCUT2D eigenvalue weighted by atomic mass is 35.5. The number of likely N-dealkylation sites (N-methyl/N-ethyl adjacent to an activating group) is 1. The van der Waals surface area contributed by atoms with Gasteiger partial charge >= 0.3 is 0 Å². The number of nitrogens with one attached hydrogen (secondary N) is 1. The van der Waals surface area contributed by atoms with Gasteiger partial charge in [0.1, 0.15) is 11.5 Å². The van der Waals surface area contributed by atoms with Crippen LogP contribution in [-0.4, -0.2) is 57.7 Å². The Bertz CT molecular complexity index is 1280.